The van der Waals surface area contributed by atoms with Gasteiger partial charge in [0.2, 0.25) is 0 Å². The molecule has 2 aliphatic rings. The zero-order chi connectivity index (χ0) is 27.9. The molecule has 4 N–H and O–H groups in total. The molecule has 0 unspecified atom stereocenters. The molecule has 9 nitrogen and oxygen atoms in total. The standard InChI is InChI=1S/2C15H20FN3O.4ClH.H2O/c2*1-2-7-17-19-8-5-11(6-9-19)15-13-4-3-12(16)10-14(13)20-18-15;;;;;/h2*3-4,10-11,17H,2,5-9H2,1H3;4*1H;1H2. The SMILES string of the molecule is CCCNN1CCC(c2noc3cc(F)ccc23)CC1.CCCNN1CCC(c2noc3cc(F)ccc23)CC1.Cl.Cl.Cl.Cl.O. The van der Waals surface area contributed by atoms with Gasteiger partial charge < -0.3 is 14.5 Å². The Balaban J connectivity index is 0.000000774. The zero-order valence-corrected chi connectivity index (χ0v) is 28.9. The molecule has 0 bridgehead atoms. The summed E-state index contributed by atoms with van der Waals surface area (Å²) in [7, 11) is 0. The van der Waals surface area contributed by atoms with E-state index in [1.165, 1.54) is 24.3 Å². The molecule has 45 heavy (non-hydrogen) atoms. The Morgan fingerprint density at radius 1 is 0.667 bits per heavy atom. The molecule has 0 saturated carbocycles. The number of hydrogen-bond donors (Lipinski definition) is 2. The van der Waals surface area contributed by atoms with Crippen LogP contribution in [-0.4, -0.2) is 65.1 Å². The first kappa shape index (κ1) is 43.2. The molecular formula is C30H46Cl4F2N6O3. The van der Waals surface area contributed by atoms with Gasteiger partial charge in [-0.3, -0.25) is 10.9 Å². The van der Waals surface area contributed by atoms with Gasteiger partial charge in [-0.05, 0) is 62.8 Å². The van der Waals surface area contributed by atoms with E-state index >= 15 is 0 Å². The largest absolute Gasteiger partial charge is 0.412 e. The molecule has 256 valence electrons. The van der Waals surface area contributed by atoms with Crippen molar-refractivity contribution in [3.05, 3.63) is 59.4 Å². The van der Waals surface area contributed by atoms with Crippen LogP contribution >= 0.6 is 49.6 Å². The molecule has 4 heterocycles. The molecule has 2 aliphatic heterocycles. The summed E-state index contributed by atoms with van der Waals surface area (Å²) in [6.45, 7) is 10.4. The van der Waals surface area contributed by atoms with Crippen LogP contribution in [0.1, 0.15) is 75.6 Å². The van der Waals surface area contributed by atoms with Crippen molar-refractivity contribution < 1.29 is 23.3 Å². The Kier molecular flexibility index (Phi) is 20.3. The highest BCUT2D eigenvalue weighted by molar-refractivity contribution is 5.86. The number of aromatic nitrogens is 2. The van der Waals surface area contributed by atoms with Crippen LogP contribution in [-0.2, 0) is 0 Å². The average molecular weight is 719 g/mol. The predicted octanol–water partition coefficient (Wildman–Crippen LogP) is 6.98. The van der Waals surface area contributed by atoms with E-state index in [-0.39, 0.29) is 66.7 Å². The first-order valence-corrected chi connectivity index (χ1v) is 14.6. The Bertz CT molecular complexity index is 1280. The van der Waals surface area contributed by atoms with Crippen LogP contribution < -0.4 is 10.9 Å². The van der Waals surface area contributed by atoms with Gasteiger partial charge in [0.15, 0.2) is 11.2 Å². The van der Waals surface area contributed by atoms with Gasteiger partial charge in [-0.2, -0.15) is 0 Å². The van der Waals surface area contributed by atoms with E-state index in [0.717, 1.165) is 100.0 Å². The third-order valence-corrected chi connectivity index (χ3v) is 7.86. The van der Waals surface area contributed by atoms with Gasteiger partial charge in [0.25, 0.3) is 0 Å². The molecule has 0 aliphatic carbocycles. The maximum absolute atomic E-state index is 13.2. The van der Waals surface area contributed by atoms with Gasteiger partial charge in [0, 0.05) is 74.0 Å². The van der Waals surface area contributed by atoms with Crippen LogP contribution in [0.3, 0.4) is 0 Å². The summed E-state index contributed by atoms with van der Waals surface area (Å²) in [6.07, 6.45) is 6.48. The molecule has 0 radical (unpaired) electrons. The van der Waals surface area contributed by atoms with Crippen molar-refractivity contribution in [3.63, 3.8) is 0 Å². The first-order valence-electron chi connectivity index (χ1n) is 14.6. The fourth-order valence-corrected chi connectivity index (χ4v) is 5.61. The van der Waals surface area contributed by atoms with Crippen molar-refractivity contribution in [2.45, 2.75) is 64.2 Å². The Morgan fingerprint density at radius 2 is 1.02 bits per heavy atom. The minimum Gasteiger partial charge on any atom is -0.412 e. The molecule has 15 heteroatoms. The van der Waals surface area contributed by atoms with Gasteiger partial charge in [0.05, 0.1) is 11.4 Å². The lowest BCUT2D eigenvalue weighted by Gasteiger charge is -2.31. The van der Waals surface area contributed by atoms with Crippen molar-refractivity contribution in [2.24, 2.45) is 0 Å². The second kappa shape index (κ2) is 21.1. The van der Waals surface area contributed by atoms with Crippen LogP contribution in [0.25, 0.3) is 21.9 Å². The molecular weight excluding hydrogens is 672 g/mol. The van der Waals surface area contributed by atoms with E-state index in [2.05, 4.69) is 45.0 Å². The van der Waals surface area contributed by atoms with Crippen molar-refractivity contribution in [2.75, 3.05) is 39.3 Å². The lowest BCUT2D eigenvalue weighted by molar-refractivity contribution is 0.142. The van der Waals surface area contributed by atoms with Gasteiger partial charge >= 0.3 is 0 Å². The van der Waals surface area contributed by atoms with E-state index in [9.17, 15) is 8.78 Å². The van der Waals surface area contributed by atoms with Crippen LogP contribution in [0, 0.1) is 11.6 Å². The highest BCUT2D eigenvalue weighted by atomic mass is 35.5. The molecule has 0 atom stereocenters. The van der Waals surface area contributed by atoms with E-state index in [1.807, 2.05) is 0 Å². The number of piperidine rings is 2. The van der Waals surface area contributed by atoms with E-state index < -0.39 is 0 Å². The highest BCUT2D eigenvalue weighted by Crippen LogP contribution is 2.33. The summed E-state index contributed by atoms with van der Waals surface area (Å²) in [5, 5.41) is 14.8. The fourth-order valence-electron chi connectivity index (χ4n) is 5.61. The molecule has 6 rings (SSSR count). The smallest absolute Gasteiger partial charge is 0.170 e. The van der Waals surface area contributed by atoms with E-state index in [0.29, 0.717) is 23.0 Å². The highest BCUT2D eigenvalue weighted by Gasteiger charge is 2.26. The van der Waals surface area contributed by atoms with Crippen molar-refractivity contribution >= 4 is 71.6 Å². The number of nitrogens with one attached hydrogen (secondary N) is 2. The zero-order valence-electron chi connectivity index (χ0n) is 25.6. The Hall–Kier alpha value is -1.80. The number of halogens is 6. The molecule has 0 spiro atoms. The summed E-state index contributed by atoms with van der Waals surface area (Å²) in [4.78, 5) is 0. The normalized spacial score (nSPS) is 15.9. The number of hydrogen-bond acceptors (Lipinski definition) is 8. The maximum Gasteiger partial charge on any atom is 0.170 e. The Morgan fingerprint density at radius 3 is 1.36 bits per heavy atom. The van der Waals surface area contributed by atoms with Crippen LogP contribution in [0.15, 0.2) is 45.4 Å². The summed E-state index contributed by atoms with van der Waals surface area (Å²) in [5.74, 6) is 0.250. The summed E-state index contributed by atoms with van der Waals surface area (Å²) >= 11 is 0. The molecule has 2 aromatic heterocycles. The lowest BCUT2D eigenvalue weighted by atomic mass is 9.92. The van der Waals surface area contributed by atoms with Gasteiger partial charge in [-0.1, -0.05) is 24.2 Å². The van der Waals surface area contributed by atoms with Crippen molar-refractivity contribution in [1.82, 2.24) is 31.2 Å². The van der Waals surface area contributed by atoms with Gasteiger partial charge in [-0.15, -0.1) is 49.6 Å². The van der Waals surface area contributed by atoms with Gasteiger partial charge in [-0.25, -0.2) is 18.8 Å². The number of nitrogens with zero attached hydrogens (tertiary/aromatic N) is 4. The Labute approximate surface area is 288 Å². The molecule has 2 saturated heterocycles. The summed E-state index contributed by atoms with van der Waals surface area (Å²) in [5.41, 5.74) is 9.90. The lowest BCUT2D eigenvalue weighted by Crippen LogP contribution is -2.43. The minimum absolute atomic E-state index is 0. The molecule has 4 aromatic rings. The summed E-state index contributed by atoms with van der Waals surface area (Å²) in [6, 6.07) is 9.31. The molecule has 2 fully saturated rings. The number of hydrazine groups is 2. The van der Waals surface area contributed by atoms with Crippen LogP contribution in [0.2, 0.25) is 0 Å². The van der Waals surface area contributed by atoms with E-state index in [1.54, 1.807) is 12.1 Å². The summed E-state index contributed by atoms with van der Waals surface area (Å²) < 4.78 is 36.8. The third kappa shape index (κ3) is 11.2. The monoisotopic (exact) mass is 716 g/mol. The fraction of sp³-hybridized carbons (Fsp3) is 0.533. The third-order valence-electron chi connectivity index (χ3n) is 7.86. The first-order chi connectivity index (χ1) is 19.6. The molecule has 2 aromatic carbocycles. The minimum atomic E-state index is -0.279. The number of fused-ring (bicyclic) bond motifs is 2. The second-order valence-electron chi connectivity index (χ2n) is 10.8. The van der Waals surface area contributed by atoms with E-state index in [4.69, 9.17) is 9.05 Å². The van der Waals surface area contributed by atoms with Crippen molar-refractivity contribution in [1.29, 1.82) is 0 Å². The number of rotatable bonds is 8. The molecule has 0 amide bonds. The number of benzene rings is 2. The van der Waals surface area contributed by atoms with Crippen molar-refractivity contribution in [3.8, 4) is 0 Å². The topological polar surface area (TPSA) is 114 Å². The quantitative estimate of drug-likeness (QED) is 0.201. The maximum atomic E-state index is 13.2. The second-order valence-corrected chi connectivity index (χ2v) is 10.8. The van der Waals surface area contributed by atoms with Gasteiger partial charge in [0.1, 0.15) is 11.6 Å². The average Bonchev–Trinajstić information content (AvgIpc) is 3.59. The predicted molar refractivity (Wildman–Crippen MR) is 184 cm³/mol. The van der Waals surface area contributed by atoms with Crippen LogP contribution in [0.4, 0.5) is 8.78 Å². The van der Waals surface area contributed by atoms with Crippen LogP contribution in [0.5, 0.6) is 0 Å².